The summed E-state index contributed by atoms with van der Waals surface area (Å²) in [5.74, 6) is -0.405. The van der Waals surface area contributed by atoms with Gasteiger partial charge in [0.1, 0.15) is 6.10 Å². The summed E-state index contributed by atoms with van der Waals surface area (Å²) in [5, 5.41) is 21.7. The summed E-state index contributed by atoms with van der Waals surface area (Å²) in [6.07, 6.45) is 2.89. The number of rotatable bonds is 9. The summed E-state index contributed by atoms with van der Waals surface area (Å²) in [7, 11) is 0. The molecular formula is C17H27NO3. The monoisotopic (exact) mass is 293 g/mol. The van der Waals surface area contributed by atoms with Crippen LogP contribution in [0.2, 0.25) is 0 Å². The molecule has 1 rings (SSSR count). The van der Waals surface area contributed by atoms with Crippen molar-refractivity contribution in [2.45, 2.75) is 45.6 Å². The summed E-state index contributed by atoms with van der Waals surface area (Å²) < 4.78 is 0. The van der Waals surface area contributed by atoms with Gasteiger partial charge in [-0.25, -0.2) is 0 Å². The Morgan fingerprint density at radius 2 is 1.86 bits per heavy atom. The minimum Gasteiger partial charge on any atom is -0.396 e. The molecule has 0 unspecified atom stereocenters. The van der Waals surface area contributed by atoms with Crippen LogP contribution in [0.4, 0.5) is 0 Å². The van der Waals surface area contributed by atoms with Gasteiger partial charge in [0.15, 0.2) is 0 Å². The number of nitrogens with one attached hydrogen (secondary N) is 1. The molecule has 4 nitrogen and oxygen atoms in total. The van der Waals surface area contributed by atoms with Gasteiger partial charge in [0.2, 0.25) is 5.91 Å². The lowest BCUT2D eigenvalue weighted by molar-refractivity contribution is -0.137. The third-order valence-corrected chi connectivity index (χ3v) is 3.68. The van der Waals surface area contributed by atoms with E-state index in [2.05, 4.69) is 17.4 Å². The van der Waals surface area contributed by atoms with E-state index in [1.54, 1.807) is 13.8 Å². The van der Waals surface area contributed by atoms with Crippen molar-refractivity contribution in [3.8, 4) is 0 Å². The predicted octanol–water partition coefficient (Wildman–Crippen LogP) is 1.89. The Morgan fingerprint density at radius 3 is 2.48 bits per heavy atom. The molecule has 0 bridgehead atoms. The maximum Gasteiger partial charge on any atom is 0.249 e. The smallest absolute Gasteiger partial charge is 0.249 e. The molecule has 0 radical (unpaired) electrons. The van der Waals surface area contributed by atoms with Gasteiger partial charge in [-0.2, -0.15) is 0 Å². The van der Waals surface area contributed by atoms with Gasteiger partial charge in [0, 0.05) is 12.0 Å². The van der Waals surface area contributed by atoms with Crippen LogP contribution in [0.15, 0.2) is 30.3 Å². The minimum atomic E-state index is -1.17. The first kappa shape index (κ1) is 17.7. The van der Waals surface area contributed by atoms with Crippen molar-refractivity contribution in [3.05, 3.63) is 35.9 Å². The first-order valence-corrected chi connectivity index (χ1v) is 7.58. The zero-order valence-electron chi connectivity index (χ0n) is 13.0. The quantitative estimate of drug-likeness (QED) is 0.609. The molecular weight excluding hydrogens is 266 g/mol. The predicted molar refractivity (Wildman–Crippen MR) is 83.9 cm³/mol. The fourth-order valence-corrected chi connectivity index (χ4v) is 2.03. The third kappa shape index (κ3) is 6.27. The number of aliphatic hydroxyl groups is 2. The Kier molecular flexibility index (Phi) is 7.40. The second kappa shape index (κ2) is 8.80. The van der Waals surface area contributed by atoms with Crippen molar-refractivity contribution in [3.63, 3.8) is 0 Å². The topological polar surface area (TPSA) is 69.6 Å². The molecule has 118 valence electrons. The largest absolute Gasteiger partial charge is 0.396 e. The number of unbranched alkanes of at least 4 members (excludes halogenated alkanes) is 2. The van der Waals surface area contributed by atoms with Crippen molar-refractivity contribution in [1.29, 1.82) is 0 Å². The van der Waals surface area contributed by atoms with Crippen LogP contribution in [0.3, 0.4) is 0 Å². The Labute approximate surface area is 127 Å². The highest BCUT2D eigenvalue weighted by molar-refractivity contribution is 5.81. The van der Waals surface area contributed by atoms with Crippen molar-refractivity contribution in [2.24, 2.45) is 5.41 Å². The van der Waals surface area contributed by atoms with E-state index >= 15 is 0 Å². The van der Waals surface area contributed by atoms with Gasteiger partial charge in [-0.3, -0.25) is 4.79 Å². The van der Waals surface area contributed by atoms with Crippen molar-refractivity contribution in [2.75, 3.05) is 13.2 Å². The number of aliphatic hydroxyl groups excluding tert-OH is 2. The number of carbonyl (C=O) groups is 1. The lowest BCUT2D eigenvalue weighted by atomic mass is 9.87. The van der Waals surface area contributed by atoms with E-state index in [4.69, 9.17) is 5.11 Å². The molecule has 1 atom stereocenters. The molecule has 0 aliphatic carbocycles. The SMILES string of the molecule is CC(C)(CO)[C@@H](O)C(=O)NCCCCCc1ccccc1. The summed E-state index contributed by atoms with van der Waals surface area (Å²) in [5.41, 5.74) is 0.527. The molecule has 3 N–H and O–H groups in total. The van der Waals surface area contributed by atoms with Gasteiger partial charge in [0.25, 0.3) is 0 Å². The highest BCUT2D eigenvalue weighted by atomic mass is 16.3. The van der Waals surface area contributed by atoms with Gasteiger partial charge < -0.3 is 15.5 Å². The summed E-state index contributed by atoms with van der Waals surface area (Å²) in [6, 6.07) is 10.3. The van der Waals surface area contributed by atoms with Gasteiger partial charge in [-0.05, 0) is 24.8 Å². The van der Waals surface area contributed by atoms with Crippen LogP contribution < -0.4 is 5.32 Å². The molecule has 0 saturated carbocycles. The third-order valence-electron chi connectivity index (χ3n) is 3.68. The zero-order valence-corrected chi connectivity index (χ0v) is 13.0. The van der Waals surface area contributed by atoms with Crippen LogP contribution in [0.1, 0.15) is 38.7 Å². The van der Waals surface area contributed by atoms with E-state index in [1.165, 1.54) is 5.56 Å². The van der Waals surface area contributed by atoms with Crippen molar-refractivity contribution >= 4 is 5.91 Å². The molecule has 0 saturated heterocycles. The second-order valence-corrected chi connectivity index (χ2v) is 6.14. The minimum absolute atomic E-state index is 0.224. The van der Waals surface area contributed by atoms with E-state index in [1.807, 2.05) is 18.2 Å². The number of benzene rings is 1. The van der Waals surface area contributed by atoms with Gasteiger partial charge in [-0.15, -0.1) is 0 Å². The summed E-state index contributed by atoms with van der Waals surface area (Å²) in [4.78, 5) is 11.7. The Balaban J connectivity index is 2.13. The van der Waals surface area contributed by atoms with Crippen LogP contribution in [0.25, 0.3) is 0 Å². The van der Waals surface area contributed by atoms with Crippen LogP contribution >= 0.6 is 0 Å². The van der Waals surface area contributed by atoms with E-state index in [9.17, 15) is 9.90 Å². The summed E-state index contributed by atoms with van der Waals surface area (Å²) in [6.45, 7) is 3.67. The number of hydrogen-bond donors (Lipinski definition) is 3. The van der Waals surface area contributed by atoms with Crippen LogP contribution in [-0.2, 0) is 11.2 Å². The average molecular weight is 293 g/mol. The molecule has 1 aromatic rings. The molecule has 4 heteroatoms. The van der Waals surface area contributed by atoms with E-state index in [0.717, 1.165) is 25.7 Å². The van der Waals surface area contributed by atoms with E-state index < -0.39 is 17.4 Å². The molecule has 21 heavy (non-hydrogen) atoms. The normalized spacial score (nSPS) is 13.0. The maximum absolute atomic E-state index is 11.7. The molecule has 0 heterocycles. The summed E-state index contributed by atoms with van der Waals surface area (Å²) >= 11 is 0. The molecule has 0 aromatic heterocycles. The van der Waals surface area contributed by atoms with Gasteiger partial charge in [-0.1, -0.05) is 50.6 Å². The van der Waals surface area contributed by atoms with Gasteiger partial charge in [0.05, 0.1) is 6.61 Å². The number of amides is 1. The number of hydrogen-bond acceptors (Lipinski definition) is 3. The first-order valence-electron chi connectivity index (χ1n) is 7.58. The maximum atomic E-state index is 11.7. The number of carbonyl (C=O) groups excluding carboxylic acids is 1. The molecule has 1 amide bonds. The lowest BCUT2D eigenvalue weighted by Gasteiger charge is -2.27. The Bertz CT molecular complexity index is 417. The highest BCUT2D eigenvalue weighted by Crippen LogP contribution is 2.19. The fourth-order valence-electron chi connectivity index (χ4n) is 2.03. The Hall–Kier alpha value is -1.39. The standard InChI is InChI=1S/C17H27NO3/c1-17(2,13-19)15(20)16(21)18-12-8-4-7-11-14-9-5-3-6-10-14/h3,5-6,9-10,15,19-20H,4,7-8,11-13H2,1-2H3,(H,18,21)/t15-/m0/s1. The Morgan fingerprint density at radius 1 is 1.19 bits per heavy atom. The van der Waals surface area contributed by atoms with E-state index in [0.29, 0.717) is 6.54 Å². The fraction of sp³-hybridized carbons (Fsp3) is 0.588. The van der Waals surface area contributed by atoms with Crippen LogP contribution in [0.5, 0.6) is 0 Å². The van der Waals surface area contributed by atoms with E-state index in [-0.39, 0.29) is 6.61 Å². The zero-order chi connectivity index (χ0) is 15.7. The average Bonchev–Trinajstić information content (AvgIpc) is 2.50. The molecule has 0 aliphatic rings. The second-order valence-electron chi connectivity index (χ2n) is 6.14. The molecule has 0 fully saturated rings. The molecule has 0 aliphatic heterocycles. The highest BCUT2D eigenvalue weighted by Gasteiger charge is 2.32. The van der Waals surface area contributed by atoms with Crippen LogP contribution in [-0.4, -0.2) is 35.4 Å². The van der Waals surface area contributed by atoms with Crippen molar-refractivity contribution < 1.29 is 15.0 Å². The molecule has 1 aromatic carbocycles. The molecule has 0 spiro atoms. The van der Waals surface area contributed by atoms with Crippen molar-refractivity contribution in [1.82, 2.24) is 5.32 Å². The lowest BCUT2D eigenvalue weighted by Crippen LogP contribution is -2.45. The first-order chi connectivity index (χ1) is 9.97. The van der Waals surface area contributed by atoms with Crippen LogP contribution in [0, 0.1) is 5.41 Å². The number of aryl methyl sites for hydroxylation is 1. The van der Waals surface area contributed by atoms with Gasteiger partial charge >= 0.3 is 0 Å².